The predicted molar refractivity (Wildman–Crippen MR) is 110 cm³/mol. The molecule has 0 aliphatic heterocycles. The average molecular weight is 401 g/mol. The number of rotatable bonds is 8. The quantitative estimate of drug-likeness (QED) is 0.486. The van der Waals surface area contributed by atoms with Gasteiger partial charge in [0.2, 0.25) is 0 Å². The van der Waals surface area contributed by atoms with E-state index in [0.717, 1.165) is 16.5 Å². The summed E-state index contributed by atoms with van der Waals surface area (Å²) in [5, 5.41) is 3.76. The number of furan rings is 1. The van der Waals surface area contributed by atoms with Gasteiger partial charge in [-0.25, -0.2) is 0 Å². The molecule has 1 aromatic heterocycles. The molecule has 7 heteroatoms. The fourth-order valence-electron chi connectivity index (χ4n) is 3.02. The highest BCUT2D eigenvalue weighted by Gasteiger charge is 2.24. The summed E-state index contributed by atoms with van der Waals surface area (Å²) in [6, 6.07) is 14.7. The fourth-order valence-corrected chi connectivity index (χ4v) is 4.72. The van der Waals surface area contributed by atoms with Gasteiger partial charge < -0.3 is 18.8 Å². The van der Waals surface area contributed by atoms with E-state index in [1.54, 1.807) is 38.1 Å². The van der Waals surface area contributed by atoms with E-state index in [9.17, 15) is 9.36 Å². The number of hydrogen-bond acceptors (Lipinski definition) is 5. The number of fused-ring (bicyclic) bond motifs is 1. The van der Waals surface area contributed by atoms with Crippen molar-refractivity contribution in [3.8, 4) is 0 Å². The first kappa shape index (κ1) is 20.3. The van der Waals surface area contributed by atoms with Crippen molar-refractivity contribution in [3.05, 3.63) is 65.4 Å². The molecule has 2 aromatic carbocycles. The maximum absolute atomic E-state index is 12.6. The van der Waals surface area contributed by atoms with Gasteiger partial charge in [-0.3, -0.25) is 9.36 Å². The minimum absolute atomic E-state index is 0.186. The molecule has 0 saturated heterocycles. The van der Waals surface area contributed by atoms with Gasteiger partial charge in [0.05, 0.1) is 19.4 Å². The Morgan fingerprint density at radius 2 is 1.68 bits per heavy atom. The Labute approximate surface area is 164 Å². The number of nitrogens with one attached hydrogen (secondary N) is 1. The molecule has 6 nitrogen and oxygen atoms in total. The van der Waals surface area contributed by atoms with Crippen LogP contribution in [0.5, 0.6) is 0 Å². The zero-order valence-electron chi connectivity index (χ0n) is 16.2. The molecule has 1 amide bonds. The molecule has 0 atom stereocenters. The van der Waals surface area contributed by atoms with Crippen LogP contribution in [0, 0.1) is 6.92 Å². The van der Waals surface area contributed by atoms with Crippen LogP contribution in [0.25, 0.3) is 11.0 Å². The van der Waals surface area contributed by atoms with E-state index in [1.807, 2.05) is 31.2 Å². The van der Waals surface area contributed by atoms with Gasteiger partial charge in [-0.15, -0.1) is 0 Å². The lowest BCUT2D eigenvalue weighted by atomic mass is 10.1. The summed E-state index contributed by atoms with van der Waals surface area (Å²) < 4.78 is 29.0. The minimum atomic E-state index is -3.16. The molecule has 1 N–H and O–H groups in total. The molecule has 3 aromatic rings. The average Bonchev–Trinajstić information content (AvgIpc) is 3.01. The molecular weight excluding hydrogens is 377 g/mol. The van der Waals surface area contributed by atoms with Crippen LogP contribution in [-0.2, 0) is 19.8 Å². The number of hydrogen-bond donors (Lipinski definition) is 1. The SMILES string of the molecule is CCOP(=O)(Cc1ccc(NC(=O)c2oc3ccccc3c2C)cc1)OCC. The van der Waals surface area contributed by atoms with Gasteiger partial charge in [-0.1, -0.05) is 30.3 Å². The summed E-state index contributed by atoms with van der Waals surface area (Å²) in [5.41, 5.74) is 2.92. The number of carbonyl (C=O) groups is 1. The van der Waals surface area contributed by atoms with Crippen molar-refractivity contribution in [2.75, 3.05) is 18.5 Å². The first-order chi connectivity index (χ1) is 13.5. The second kappa shape index (κ2) is 8.74. The van der Waals surface area contributed by atoms with Crippen LogP contribution in [0.15, 0.2) is 52.9 Å². The lowest BCUT2D eigenvalue weighted by Gasteiger charge is -2.17. The normalized spacial score (nSPS) is 11.7. The van der Waals surface area contributed by atoms with Gasteiger partial charge in [0.15, 0.2) is 5.76 Å². The van der Waals surface area contributed by atoms with Crippen molar-refractivity contribution in [1.29, 1.82) is 0 Å². The van der Waals surface area contributed by atoms with Crippen LogP contribution < -0.4 is 5.32 Å². The summed E-state index contributed by atoms with van der Waals surface area (Å²) in [5.74, 6) is -0.0155. The highest BCUT2D eigenvalue weighted by molar-refractivity contribution is 7.53. The topological polar surface area (TPSA) is 77.8 Å². The van der Waals surface area contributed by atoms with Crippen LogP contribution in [0.4, 0.5) is 5.69 Å². The molecule has 0 saturated carbocycles. The lowest BCUT2D eigenvalue weighted by Crippen LogP contribution is -2.12. The summed E-state index contributed by atoms with van der Waals surface area (Å²) >= 11 is 0. The molecular formula is C21H24NO5P. The Hall–Kier alpha value is -2.40. The molecule has 0 bridgehead atoms. The van der Waals surface area contributed by atoms with Crippen molar-refractivity contribution < 1.29 is 22.8 Å². The number of amides is 1. The molecule has 0 spiro atoms. The number of benzene rings is 2. The van der Waals surface area contributed by atoms with E-state index in [0.29, 0.717) is 30.2 Å². The third-order valence-corrected chi connectivity index (χ3v) is 6.35. The van der Waals surface area contributed by atoms with Gasteiger partial charge in [-0.05, 0) is 44.5 Å². The molecule has 3 rings (SSSR count). The zero-order chi connectivity index (χ0) is 20.1. The molecule has 0 aliphatic rings. The Morgan fingerprint density at radius 3 is 2.29 bits per heavy atom. The monoisotopic (exact) mass is 401 g/mol. The zero-order valence-corrected chi connectivity index (χ0v) is 17.1. The first-order valence-electron chi connectivity index (χ1n) is 9.22. The van der Waals surface area contributed by atoms with Gasteiger partial charge >= 0.3 is 7.60 Å². The van der Waals surface area contributed by atoms with Crippen LogP contribution in [0.3, 0.4) is 0 Å². The molecule has 28 heavy (non-hydrogen) atoms. The lowest BCUT2D eigenvalue weighted by molar-refractivity contribution is 0.0998. The Morgan fingerprint density at radius 1 is 1.04 bits per heavy atom. The van der Waals surface area contributed by atoms with Crippen LogP contribution in [-0.4, -0.2) is 19.1 Å². The third kappa shape index (κ3) is 4.53. The summed E-state index contributed by atoms with van der Waals surface area (Å²) in [7, 11) is -3.16. The van der Waals surface area contributed by atoms with Gasteiger partial charge in [0, 0.05) is 16.6 Å². The maximum Gasteiger partial charge on any atom is 0.335 e. The van der Waals surface area contributed by atoms with Crippen LogP contribution in [0.1, 0.15) is 35.5 Å². The fraction of sp³-hybridized carbons (Fsp3) is 0.286. The van der Waals surface area contributed by atoms with E-state index in [-0.39, 0.29) is 12.1 Å². The number of carbonyl (C=O) groups excluding carboxylic acids is 1. The van der Waals surface area contributed by atoms with Gasteiger partial charge in [0.25, 0.3) is 5.91 Å². The number of aryl methyl sites for hydroxylation is 1. The third-order valence-electron chi connectivity index (χ3n) is 4.29. The second-order valence-corrected chi connectivity index (χ2v) is 8.36. The van der Waals surface area contributed by atoms with E-state index in [1.165, 1.54) is 0 Å². The molecule has 1 heterocycles. The predicted octanol–water partition coefficient (Wildman–Crippen LogP) is 5.76. The second-order valence-electron chi connectivity index (χ2n) is 6.31. The molecule has 0 unspecified atom stereocenters. The summed E-state index contributed by atoms with van der Waals surface area (Å²) in [4.78, 5) is 12.6. The van der Waals surface area contributed by atoms with E-state index >= 15 is 0 Å². The van der Waals surface area contributed by atoms with Crippen molar-refractivity contribution in [3.63, 3.8) is 0 Å². The van der Waals surface area contributed by atoms with Crippen LogP contribution >= 0.6 is 7.60 Å². The van der Waals surface area contributed by atoms with Crippen molar-refractivity contribution in [2.45, 2.75) is 26.9 Å². The number of para-hydroxylation sites is 1. The number of anilines is 1. The molecule has 0 radical (unpaired) electrons. The summed E-state index contributed by atoms with van der Waals surface area (Å²) in [6.45, 7) is 6.07. The van der Waals surface area contributed by atoms with E-state index in [4.69, 9.17) is 13.5 Å². The maximum atomic E-state index is 12.6. The molecule has 0 fully saturated rings. The standard InChI is InChI=1S/C21H24NO5P/c1-4-25-28(24,26-5-2)14-16-10-12-17(13-11-16)22-21(23)20-15(3)18-8-6-7-9-19(18)27-20/h6-13H,4-5,14H2,1-3H3,(H,22,23). The van der Waals surface area contributed by atoms with Crippen molar-refractivity contribution >= 4 is 30.2 Å². The molecule has 0 aliphatic carbocycles. The smallest absolute Gasteiger partial charge is 0.335 e. The minimum Gasteiger partial charge on any atom is -0.451 e. The van der Waals surface area contributed by atoms with Crippen LogP contribution in [0.2, 0.25) is 0 Å². The van der Waals surface area contributed by atoms with E-state index < -0.39 is 7.60 Å². The van der Waals surface area contributed by atoms with E-state index in [2.05, 4.69) is 5.32 Å². The Bertz CT molecular complexity index is 999. The highest BCUT2D eigenvalue weighted by atomic mass is 31.2. The van der Waals surface area contributed by atoms with Crippen molar-refractivity contribution in [2.24, 2.45) is 0 Å². The van der Waals surface area contributed by atoms with Crippen molar-refractivity contribution in [1.82, 2.24) is 0 Å². The Kier molecular flexibility index (Phi) is 6.35. The first-order valence-corrected chi connectivity index (χ1v) is 10.9. The largest absolute Gasteiger partial charge is 0.451 e. The summed E-state index contributed by atoms with van der Waals surface area (Å²) in [6.07, 6.45) is 0.186. The molecule has 148 valence electrons. The highest BCUT2D eigenvalue weighted by Crippen LogP contribution is 2.51. The Balaban J connectivity index is 1.72. The van der Waals surface area contributed by atoms with Gasteiger partial charge in [0.1, 0.15) is 5.58 Å². The van der Waals surface area contributed by atoms with Gasteiger partial charge in [-0.2, -0.15) is 0 Å².